The Labute approximate surface area is 140 Å². The van der Waals surface area contributed by atoms with Crippen molar-refractivity contribution < 1.29 is 4.79 Å². The average Bonchev–Trinajstić information content (AvgIpc) is 2.90. The highest BCUT2D eigenvalue weighted by Gasteiger charge is 2.10. The van der Waals surface area contributed by atoms with Gasteiger partial charge in [0.05, 0.1) is 6.42 Å². The van der Waals surface area contributed by atoms with E-state index in [2.05, 4.69) is 10.3 Å². The molecule has 118 valence electrons. The molecule has 1 amide bonds. The minimum Gasteiger partial charge on any atom is -0.378 e. The van der Waals surface area contributed by atoms with Gasteiger partial charge in [-0.1, -0.05) is 11.6 Å². The van der Waals surface area contributed by atoms with E-state index in [4.69, 9.17) is 11.6 Å². The van der Waals surface area contributed by atoms with E-state index in [0.717, 1.165) is 27.8 Å². The van der Waals surface area contributed by atoms with Crippen LogP contribution < -0.4 is 10.2 Å². The summed E-state index contributed by atoms with van der Waals surface area (Å²) in [4.78, 5) is 17.4. The van der Waals surface area contributed by atoms with Crippen molar-refractivity contribution in [1.29, 1.82) is 0 Å². The number of anilines is 2. The first kappa shape index (κ1) is 15.4. The molecule has 2 aromatic carbocycles. The summed E-state index contributed by atoms with van der Waals surface area (Å²) in [5.74, 6) is -0.0523. The zero-order valence-corrected chi connectivity index (χ0v) is 13.8. The van der Waals surface area contributed by atoms with Crippen molar-refractivity contribution in [2.45, 2.75) is 6.42 Å². The molecule has 0 saturated heterocycles. The molecule has 3 aromatic rings. The van der Waals surface area contributed by atoms with Crippen LogP contribution in [0.4, 0.5) is 11.4 Å². The minimum atomic E-state index is -0.0523. The Morgan fingerprint density at radius 1 is 1.17 bits per heavy atom. The summed E-state index contributed by atoms with van der Waals surface area (Å²) >= 11 is 6.04. The molecule has 0 atom stereocenters. The van der Waals surface area contributed by atoms with Crippen LogP contribution in [0, 0.1) is 0 Å². The van der Waals surface area contributed by atoms with Crippen LogP contribution in [0.15, 0.2) is 48.7 Å². The fourth-order valence-electron chi connectivity index (χ4n) is 2.52. The third-order valence-corrected chi connectivity index (χ3v) is 3.98. The van der Waals surface area contributed by atoms with Crippen molar-refractivity contribution in [2.75, 3.05) is 24.3 Å². The van der Waals surface area contributed by atoms with E-state index in [1.807, 2.05) is 67.7 Å². The maximum absolute atomic E-state index is 12.3. The monoisotopic (exact) mass is 327 g/mol. The zero-order chi connectivity index (χ0) is 16.4. The van der Waals surface area contributed by atoms with Gasteiger partial charge in [0.2, 0.25) is 5.91 Å². The third-order valence-electron chi connectivity index (χ3n) is 3.75. The van der Waals surface area contributed by atoms with Gasteiger partial charge in [0, 0.05) is 47.6 Å². The number of halogens is 1. The quantitative estimate of drug-likeness (QED) is 0.759. The summed E-state index contributed by atoms with van der Waals surface area (Å²) < 4.78 is 0. The predicted octanol–water partition coefficient (Wildman–Crippen LogP) is 4.07. The fraction of sp³-hybridized carbons (Fsp3) is 0.167. The number of nitrogens with zero attached hydrogens (tertiary/aromatic N) is 1. The molecule has 23 heavy (non-hydrogen) atoms. The summed E-state index contributed by atoms with van der Waals surface area (Å²) in [6.45, 7) is 0. The first-order valence-corrected chi connectivity index (χ1v) is 7.73. The lowest BCUT2D eigenvalue weighted by Crippen LogP contribution is -2.14. The highest BCUT2D eigenvalue weighted by atomic mass is 35.5. The van der Waals surface area contributed by atoms with E-state index in [9.17, 15) is 4.79 Å². The lowest BCUT2D eigenvalue weighted by Gasteiger charge is -2.13. The number of hydrogen-bond acceptors (Lipinski definition) is 2. The number of fused-ring (bicyclic) bond motifs is 1. The van der Waals surface area contributed by atoms with E-state index in [1.165, 1.54) is 0 Å². The van der Waals surface area contributed by atoms with Gasteiger partial charge in [-0.2, -0.15) is 0 Å². The number of carbonyl (C=O) groups is 1. The summed E-state index contributed by atoms with van der Waals surface area (Å²) in [7, 11) is 3.96. The fourth-order valence-corrected chi connectivity index (χ4v) is 2.69. The molecule has 0 spiro atoms. The van der Waals surface area contributed by atoms with Crippen LogP contribution in [0.3, 0.4) is 0 Å². The van der Waals surface area contributed by atoms with E-state index in [0.29, 0.717) is 11.4 Å². The molecule has 1 aromatic heterocycles. The van der Waals surface area contributed by atoms with Gasteiger partial charge in [0.25, 0.3) is 0 Å². The van der Waals surface area contributed by atoms with Crippen LogP contribution in [0.2, 0.25) is 5.02 Å². The number of rotatable bonds is 4. The van der Waals surface area contributed by atoms with Crippen molar-refractivity contribution in [3.8, 4) is 0 Å². The number of hydrogen-bond donors (Lipinski definition) is 2. The molecule has 0 unspecified atom stereocenters. The Morgan fingerprint density at radius 3 is 2.61 bits per heavy atom. The number of amides is 1. The van der Waals surface area contributed by atoms with Gasteiger partial charge in [-0.3, -0.25) is 4.79 Å². The van der Waals surface area contributed by atoms with Gasteiger partial charge < -0.3 is 15.2 Å². The van der Waals surface area contributed by atoms with E-state index >= 15 is 0 Å². The number of nitrogens with one attached hydrogen (secondary N) is 2. The number of aromatic amines is 1. The first-order valence-electron chi connectivity index (χ1n) is 7.35. The second-order valence-corrected chi connectivity index (χ2v) is 6.11. The van der Waals surface area contributed by atoms with E-state index < -0.39 is 0 Å². The number of H-pyrrole nitrogens is 1. The van der Waals surface area contributed by atoms with Crippen LogP contribution in [-0.2, 0) is 11.2 Å². The highest BCUT2D eigenvalue weighted by Crippen LogP contribution is 2.23. The normalized spacial score (nSPS) is 10.7. The summed E-state index contributed by atoms with van der Waals surface area (Å²) in [6, 6.07) is 13.4. The summed E-state index contributed by atoms with van der Waals surface area (Å²) in [6.07, 6.45) is 2.16. The van der Waals surface area contributed by atoms with Gasteiger partial charge in [-0.05, 0) is 48.0 Å². The molecule has 0 radical (unpaired) electrons. The van der Waals surface area contributed by atoms with Crippen LogP contribution >= 0.6 is 11.6 Å². The van der Waals surface area contributed by atoms with Crippen LogP contribution in [0.5, 0.6) is 0 Å². The van der Waals surface area contributed by atoms with Crippen LogP contribution in [0.25, 0.3) is 10.9 Å². The number of benzene rings is 2. The Balaban J connectivity index is 1.72. The maximum atomic E-state index is 12.3. The average molecular weight is 328 g/mol. The van der Waals surface area contributed by atoms with Crippen molar-refractivity contribution in [2.24, 2.45) is 0 Å². The molecule has 5 heteroatoms. The molecule has 0 fully saturated rings. The lowest BCUT2D eigenvalue weighted by atomic mass is 10.1. The van der Waals surface area contributed by atoms with Crippen LogP contribution in [0.1, 0.15) is 5.56 Å². The maximum Gasteiger partial charge on any atom is 0.228 e. The Hall–Kier alpha value is -2.46. The number of aromatic nitrogens is 1. The van der Waals surface area contributed by atoms with Crippen molar-refractivity contribution in [3.05, 3.63) is 59.2 Å². The zero-order valence-electron chi connectivity index (χ0n) is 13.1. The van der Waals surface area contributed by atoms with Crippen molar-refractivity contribution >= 4 is 39.8 Å². The molecule has 1 heterocycles. The second-order valence-electron chi connectivity index (χ2n) is 5.67. The molecule has 0 aliphatic heterocycles. The Bertz CT molecular complexity index is 837. The largest absolute Gasteiger partial charge is 0.378 e. The predicted molar refractivity (Wildman–Crippen MR) is 96.4 cm³/mol. The molecule has 0 bridgehead atoms. The summed E-state index contributed by atoms with van der Waals surface area (Å²) in [5, 5.41) is 4.57. The molecule has 2 N–H and O–H groups in total. The standard InChI is InChI=1S/C18H18ClN3O/c1-22(2)15-6-4-14(5-7-15)21-18(23)9-12-11-20-17-8-3-13(19)10-16(12)17/h3-8,10-11,20H,9H2,1-2H3,(H,21,23). The SMILES string of the molecule is CN(C)c1ccc(NC(=O)Cc2c[nH]c3ccc(Cl)cc23)cc1. The molecule has 0 saturated carbocycles. The Morgan fingerprint density at radius 2 is 1.91 bits per heavy atom. The van der Waals surface area contributed by atoms with Gasteiger partial charge in [0.15, 0.2) is 0 Å². The van der Waals surface area contributed by atoms with E-state index in [-0.39, 0.29) is 5.91 Å². The first-order chi connectivity index (χ1) is 11.0. The van der Waals surface area contributed by atoms with Gasteiger partial charge in [-0.15, -0.1) is 0 Å². The minimum absolute atomic E-state index is 0.0523. The summed E-state index contributed by atoms with van der Waals surface area (Å²) in [5.41, 5.74) is 3.80. The van der Waals surface area contributed by atoms with Gasteiger partial charge in [-0.25, -0.2) is 0 Å². The molecule has 0 aliphatic carbocycles. The molecule has 3 rings (SSSR count). The highest BCUT2D eigenvalue weighted by molar-refractivity contribution is 6.31. The molecule has 0 aliphatic rings. The molecular weight excluding hydrogens is 310 g/mol. The van der Waals surface area contributed by atoms with Crippen molar-refractivity contribution in [3.63, 3.8) is 0 Å². The Kier molecular flexibility index (Phi) is 4.26. The third kappa shape index (κ3) is 3.48. The second kappa shape index (κ2) is 6.34. The molecular formula is C18H18ClN3O. The van der Waals surface area contributed by atoms with Gasteiger partial charge >= 0.3 is 0 Å². The number of carbonyl (C=O) groups excluding carboxylic acids is 1. The van der Waals surface area contributed by atoms with Crippen molar-refractivity contribution in [1.82, 2.24) is 4.98 Å². The van der Waals surface area contributed by atoms with Gasteiger partial charge in [0.1, 0.15) is 0 Å². The van der Waals surface area contributed by atoms with Crippen LogP contribution in [-0.4, -0.2) is 25.0 Å². The van der Waals surface area contributed by atoms with E-state index in [1.54, 1.807) is 0 Å². The lowest BCUT2D eigenvalue weighted by molar-refractivity contribution is -0.115. The smallest absolute Gasteiger partial charge is 0.228 e. The molecule has 4 nitrogen and oxygen atoms in total. The topological polar surface area (TPSA) is 48.1 Å².